The summed E-state index contributed by atoms with van der Waals surface area (Å²) in [6, 6.07) is 0.669. The topological polar surface area (TPSA) is 37.8 Å². The molecular weight excluding hydrogens is 198 g/mol. The van der Waals surface area contributed by atoms with Crippen LogP contribution in [0.15, 0.2) is 18.7 Å². The van der Waals surface area contributed by atoms with E-state index in [2.05, 4.69) is 22.2 Å². The van der Waals surface area contributed by atoms with E-state index in [0.717, 1.165) is 12.5 Å². The van der Waals surface area contributed by atoms with Crippen LogP contribution in [0.4, 0.5) is 0 Å². The lowest BCUT2D eigenvalue weighted by atomic mass is 9.97. The molecule has 88 valence electrons. The molecule has 1 fully saturated rings. The maximum Gasteiger partial charge on any atom is 0.115 e. The van der Waals surface area contributed by atoms with Crippen LogP contribution in [0.3, 0.4) is 0 Å². The second-order valence-corrected chi connectivity index (χ2v) is 4.85. The van der Waals surface area contributed by atoms with Gasteiger partial charge in [0.1, 0.15) is 6.33 Å². The third kappa shape index (κ3) is 3.27. The highest BCUT2D eigenvalue weighted by Crippen LogP contribution is 2.23. The zero-order valence-corrected chi connectivity index (χ0v) is 10.0. The zero-order valence-electron chi connectivity index (χ0n) is 10.0. The van der Waals surface area contributed by atoms with Gasteiger partial charge in [-0.1, -0.05) is 26.2 Å². The molecule has 1 heterocycles. The summed E-state index contributed by atoms with van der Waals surface area (Å²) in [5.74, 6) is 0.798. The average molecular weight is 219 g/mol. The SMILES string of the molecule is CC1CCCCCC1NCc1cncnc1. The maximum absolute atomic E-state index is 4.03. The molecule has 0 aliphatic heterocycles. The van der Waals surface area contributed by atoms with Crippen molar-refractivity contribution in [3.05, 3.63) is 24.3 Å². The van der Waals surface area contributed by atoms with Gasteiger partial charge in [-0.15, -0.1) is 0 Å². The molecule has 2 rings (SSSR count). The predicted octanol–water partition coefficient (Wildman–Crippen LogP) is 2.54. The first-order valence-electron chi connectivity index (χ1n) is 6.33. The van der Waals surface area contributed by atoms with Crippen LogP contribution in [0, 0.1) is 5.92 Å². The van der Waals surface area contributed by atoms with Crippen molar-refractivity contribution in [1.82, 2.24) is 15.3 Å². The maximum atomic E-state index is 4.03. The van der Waals surface area contributed by atoms with Crippen LogP contribution in [0.5, 0.6) is 0 Å². The van der Waals surface area contributed by atoms with E-state index in [4.69, 9.17) is 0 Å². The first-order chi connectivity index (χ1) is 7.86. The van der Waals surface area contributed by atoms with Crippen molar-refractivity contribution in [2.75, 3.05) is 0 Å². The molecule has 16 heavy (non-hydrogen) atoms. The molecule has 3 nitrogen and oxygen atoms in total. The molecule has 3 heteroatoms. The first-order valence-corrected chi connectivity index (χ1v) is 6.33. The lowest BCUT2D eigenvalue weighted by molar-refractivity contribution is 0.356. The fourth-order valence-corrected chi connectivity index (χ4v) is 2.47. The van der Waals surface area contributed by atoms with E-state index in [-0.39, 0.29) is 0 Å². The second kappa shape index (κ2) is 5.94. The van der Waals surface area contributed by atoms with Crippen LogP contribution in [-0.2, 0) is 6.54 Å². The molecule has 1 aliphatic rings. The van der Waals surface area contributed by atoms with E-state index in [0.29, 0.717) is 6.04 Å². The highest BCUT2D eigenvalue weighted by atomic mass is 14.9. The third-order valence-corrected chi connectivity index (χ3v) is 3.54. The molecule has 0 amide bonds. The molecule has 2 unspecified atom stereocenters. The van der Waals surface area contributed by atoms with Gasteiger partial charge in [-0.05, 0) is 18.8 Å². The minimum Gasteiger partial charge on any atom is -0.310 e. The van der Waals surface area contributed by atoms with Gasteiger partial charge in [0.25, 0.3) is 0 Å². The Balaban J connectivity index is 1.84. The number of hydrogen-bond acceptors (Lipinski definition) is 3. The Bertz CT molecular complexity index is 299. The highest BCUT2D eigenvalue weighted by molar-refractivity contribution is 5.02. The van der Waals surface area contributed by atoms with E-state index < -0.39 is 0 Å². The predicted molar refractivity (Wildman–Crippen MR) is 64.9 cm³/mol. The fraction of sp³-hybridized carbons (Fsp3) is 0.692. The lowest BCUT2D eigenvalue weighted by Crippen LogP contribution is -2.33. The van der Waals surface area contributed by atoms with Crippen molar-refractivity contribution in [3.63, 3.8) is 0 Å². The van der Waals surface area contributed by atoms with Gasteiger partial charge in [0.2, 0.25) is 0 Å². The smallest absolute Gasteiger partial charge is 0.115 e. The monoisotopic (exact) mass is 219 g/mol. The van der Waals surface area contributed by atoms with Crippen LogP contribution in [-0.4, -0.2) is 16.0 Å². The Kier molecular flexibility index (Phi) is 4.28. The Morgan fingerprint density at radius 2 is 1.94 bits per heavy atom. The van der Waals surface area contributed by atoms with E-state index >= 15 is 0 Å². The summed E-state index contributed by atoms with van der Waals surface area (Å²) in [7, 11) is 0. The van der Waals surface area contributed by atoms with Gasteiger partial charge >= 0.3 is 0 Å². The lowest BCUT2D eigenvalue weighted by Gasteiger charge is -2.22. The molecule has 0 saturated heterocycles. The molecule has 0 aromatic carbocycles. The number of hydrogen-bond donors (Lipinski definition) is 1. The van der Waals surface area contributed by atoms with Crippen molar-refractivity contribution in [2.24, 2.45) is 5.92 Å². The molecule has 1 saturated carbocycles. The van der Waals surface area contributed by atoms with Crippen molar-refractivity contribution in [1.29, 1.82) is 0 Å². The molecule has 1 N–H and O–H groups in total. The summed E-state index contributed by atoms with van der Waals surface area (Å²) >= 11 is 0. The summed E-state index contributed by atoms with van der Waals surface area (Å²) in [5.41, 5.74) is 1.18. The van der Waals surface area contributed by atoms with Crippen molar-refractivity contribution >= 4 is 0 Å². The Hall–Kier alpha value is -0.960. The largest absolute Gasteiger partial charge is 0.310 e. The van der Waals surface area contributed by atoms with Gasteiger partial charge in [0.05, 0.1) is 0 Å². The molecule has 1 aromatic heterocycles. The first kappa shape index (κ1) is 11.5. The summed E-state index contributed by atoms with van der Waals surface area (Å²) in [6.45, 7) is 3.26. The van der Waals surface area contributed by atoms with Crippen LogP contribution in [0.1, 0.15) is 44.6 Å². The van der Waals surface area contributed by atoms with Gasteiger partial charge in [-0.3, -0.25) is 0 Å². The van der Waals surface area contributed by atoms with Crippen molar-refractivity contribution in [2.45, 2.75) is 51.6 Å². The highest BCUT2D eigenvalue weighted by Gasteiger charge is 2.18. The Labute approximate surface area is 97.7 Å². The normalized spacial score (nSPS) is 26.3. The zero-order chi connectivity index (χ0) is 11.2. The average Bonchev–Trinajstić information content (AvgIpc) is 2.53. The third-order valence-electron chi connectivity index (χ3n) is 3.54. The molecule has 2 atom stereocenters. The molecule has 0 spiro atoms. The number of rotatable bonds is 3. The number of nitrogens with one attached hydrogen (secondary N) is 1. The summed E-state index contributed by atoms with van der Waals surface area (Å²) in [5, 5.41) is 3.65. The van der Waals surface area contributed by atoms with Crippen molar-refractivity contribution < 1.29 is 0 Å². The van der Waals surface area contributed by atoms with Gasteiger partial charge in [0, 0.05) is 30.5 Å². The van der Waals surface area contributed by atoms with Gasteiger partial charge in [-0.25, -0.2) is 9.97 Å². The second-order valence-electron chi connectivity index (χ2n) is 4.85. The molecule has 0 radical (unpaired) electrons. The van der Waals surface area contributed by atoms with E-state index in [1.54, 1.807) is 6.33 Å². The van der Waals surface area contributed by atoms with E-state index in [1.165, 1.54) is 37.7 Å². The summed E-state index contributed by atoms with van der Waals surface area (Å²) in [4.78, 5) is 8.07. The Morgan fingerprint density at radius 1 is 1.19 bits per heavy atom. The van der Waals surface area contributed by atoms with Crippen molar-refractivity contribution in [3.8, 4) is 0 Å². The fourth-order valence-electron chi connectivity index (χ4n) is 2.47. The van der Waals surface area contributed by atoms with Gasteiger partial charge < -0.3 is 5.32 Å². The van der Waals surface area contributed by atoms with Crippen LogP contribution in [0.2, 0.25) is 0 Å². The molecular formula is C13H21N3. The minimum absolute atomic E-state index is 0.669. The molecule has 1 aliphatic carbocycles. The quantitative estimate of drug-likeness (QED) is 0.794. The summed E-state index contributed by atoms with van der Waals surface area (Å²) in [6.07, 6.45) is 12.2. The van der Waals surface area contributed by atoms with Crippen LogP contribution >= 0.6 is 0 Å². The molecule has 0 bridgehead atoms. The molecule has 1 aromatic rings. The van der Waals surface area contributed by atoms with Crippen LogP contribution < -0.4 is 5.32 Å². The Morgan fingerprint density at radius 3 is 2.75 bits per heavy atom. The van der Waals surface area contributed by atoms with Gasteiger partial charge in [-0.2, -0.15) is 0 Å². The number of aromatic nitrogens is 2. The van der Waals surface area contributed by atoms with E-state index in [9.17, 15) is 0 Å². The van der Waals surface area contributed by atoms with Gasteiger partial charge in [0.15, 0.2) is 0 Å². The summed E-state index contributed by atoms with van der Waals surface area (Å²) < 4.78 is 0. The number of nitrogens with zero attached hydrogens (tertiary/aromatic N) is 2. The minimum atomic E-state index is 0.669. The van der Waals surface area contributed by atoms with E-state index in [1.807, 2.05) is 12.4 Å². The van der Waals surface area contributed by atoms with Crippen LogP contribution in [0.25, 0.3) is 0 Å². The standard InChI is InChI=1S/C13H21N3/c1-11-5-3-2-4-6-13(11)16-9-12-7-14-10-15-8-12/h7-8,10-11,13,16H,2-6,9H2,1H3.